The summed E-state index contributed by atoms with van der Waals surface area (Å²) < 4.78 is 41.8. The summed E-state index contributed by atoms with van der Waals surface area (Å²) in [7, 11) is 0. The number of halogens is 3. The number of anilines is 2. The number of aromatic nitrogens is 2. The smallest absolute Gasteiger partial charge is 0.406 e. The third kappa shape index (κ3) is 5.84. The first kappa shape index (κ1) is 21.3. The second-order valence-corrected chi connectivity index (χ2v) is 7.24. The summed E-state index contributed by atoms with van der Waals surface area (Å²) in [6, 6.07) is 13.6. The van der Waals surface area contributed by atoms with E-state index in [0.717, 1.165) is 12.8 Å². The Kier molecular flexibility index (Phi) is 5.80. The van der Waals surface area contributed by atoms with E-state index in [1.807, 2.05) is 0 Å². The Morgan fingerprint density at radius 1 is 1.09 bits per heavy atom. The minimum atomic E-state index is -4.80. The number of hydrogen-bond acceptors (Lipinski definition) is 7. The number of ether oxygens (including phenoxy) is 1. The molecule has 0 aliphatic heterocycles. The maximum atomic E-state index is 12.6. The molecule has 1 aliphatic rings. The van der Waals surface area contributed by atoms with Gasteiger partial charge in [-0.15, -0.1) is 13.2 Å². The van der Waals surface area contributed by atoms with Crippen molar-refractivity contribution >= 4 is 17.5 Å². The van der Waals surface area contributed by atoms with Crippen LogP contribution in [0.2, 0.25) is 0 Å². The summed E-state index contributed by atoms with van der Waals surface area (Å²) >= 11 is 0. The van der Waals surface area contributed by atoms with Crippen molar-refractivity contribution in [2.24, 2.45) is 0 Å². The number of benzene rings is 2. The number of non-ortho nitro benzene ring substituents is 1. The third-order valence-electron chi connectivity index (χ3n) is 4.60. The highest BCUT2D eigenvalue weighted by Gasteiger charge is 2.31. The summed E-state index contributed by atoms with van der Waals surface area (Å²) in [5.74, 6) is 0.414. The Morgan fingerprint density at radius 2 is 1.88 bits per heavy atom. The fraction of sp³-hybridized carbons (Fsp3) is 0.238. The minimum Gasteiger partial charge on any atom is -0.406 e. The quantitative estimate of drug-likeness (QED) is 0.366. The van der Waals surface area contributed by atoms with Crippen molar-refractivity contribution in [3.63, 3.8) is 0 Å². The molecule has 1 aromatic heterocycles. The van der Waals surface area contributed by atoms with Gasteiger partial charge < -0.3 is 15.4 Å². The van der Waals surface area contributed by atoms with E-state index in [4.69, 9.17) is 0 Å². The van der Waals surface area contributed by atoms with Gasteiger partial charge in [-0.2, -0.15) is 4.98 Å². The molecular weight excluding hydrogens is 427 g/mol. The molecule has 2 aromatic carbocycles. The van der Waals surface area contributed by atoms with E-state index >= 15 is 0 Å². The van der Waals surface area contributed by atoms with E-state index in [1.165, 1.54) is 30.3 Å². The van der Waals surface area contributed by atoms with E-state index in [9.17, 15) is 23.3 Å². The average Bonchev–Trinajstić information content (AvgIpc) is 3.55. The van der Waals surface area contributed by atoms with Crippen molar-refractivity contribution in [2.75, 3.05) is 10.6 Å². The second-order valence-electron chi connectivity index (χ2n) is 7.24. The largest absolute Gasteiger partial charge is 0.573 e. The lowest BCUT2D eigenvalue weighted by Gasteiger charge is -2.13. The van der Waals surface area contributed by atoms with E-state index in [1.54, 1.807) is 24.3 Å². The van der Waals surface area contributed by atoms with Gasteiger partial charge in [0.2, 0.25) is 5.95 Å². The summed E-state index contributed by atoms with van der Waals surface area (Å²) in [6.45, 7) is 0.262. The van der Waals surface area contributed by atoms with Crippen LogP contribution < -0.4 is 15.4 Å². The molecule has 4 rings (SSSR count). The van der Waals surface area contributed by atoms with Crippen LogP contribution in [0, 0.1) is 10.1 Å². The van der Waals surface area contributed by atoms with Crippen LogP contribution in [0.1, 0.15) is 18.4 Å². The lowest BCUT2D eigenvalue weighted by atomic mass is 10.1. The maximum Gasteiger partial charge on any atom is 0.573 e. The molecule has 166 valence electrons. The number of nitrogens with zero attached hydrogens (tertiary/aromatic N) is 3. The average molecular weight is 445 g/mol. The predicted molar refractivity (Wildman–Crippen MR) is 111 cm³/mol. The summed E-state index contributed by atoms with van der Waals surface area (Å²) in [5.41, 5.74) is 1.48. The van der Waals surface area contributed by atoms with Crippen LogP contribution in [-0.4, -0.2) is 27.3 Å². The number of alkyl halides is 3. The van der Waals surface area contributed by atoms with Crippen molar-refractivity contribution in [1.29, 1.82) is 0 Å². The fourth-order valence-corrected chi connectivity index (χ4v) is 2.99. The van der Waals surface area contributed by atoms with Crippen LogP contribution in [0.3, 0.4) is 0 Å². The zero-order valence-electron chi connectivity index (χ0n) is 16.6. The highest BCUT2D eigenvalue weighted by molar-refractivity contribution is 5.66. The van der Waals surface area contributed by atoms with E-state index in [-0.39, 0.29) is 24.0 Å². The monoisotopic (exact) mass is 445 g/mol. The first-order valence-electron chi connectivity index (χ1n) is 9.74. The molecule has 32 heavy (non-hydrogen) atoms. The molecule has 0 atom stereocenters. The normalized spacial score (nSPS) is 13.5. The highest BCUT2D eigenvalue weighted by atomic mass is 19.4. The molecule has 0 radical (unpaired) electrons. The molecule has 0 amide bonds. The zero-order valence-corrected chi connectivity index (χ0v) is 16.6. The van der Waals surface area contributed by atoms with E-state index in [2.05, 4.69) is 25.3 Å². The first-order chi connectivity index (χ1) is 15.2. The molecule has 0 bridgehead atoms. The highest BCUT2D eigenvalue weighted by Crippen LogP contribution is 2.30. The Labute approximate surface area is 180 Å². The van der Waals surface area contributed by atoms with Crippen LogP contribution in [0.25, 0.3) is 11.3 Å². The van der Waals surface area contributed by atoms with Gasteiger partial charge in [-0.1, -0.05) is 24.3 Å². The van der Waals surface area contributed by atoms with Crippen LogP contribution in [0.15, 0.2) is 54.6 Å². The zero-order chi connectivity index (χ0) is 22.7. The predicted octanol–water partition coefficient (Wildman–Crippen LogP) is 5.14. The maximum absolute atomic E-state index is 12.6. The van der Waals surface area contributed by atoms with Gasteiger partial charge in [-0.3, -0.25) is 10.1 Å². The molecule has 11 heteroatoms. The molecule has 1 heterocycles. The van der Waals surface area contributed by atoms with E-state index < -0.39 is 11.3 Å². The molecule has 2 N–H and O–H groups in total. The number of nitro benzene ring substituents is 1. The number of nitrogens with one attached hydrogen (secondary N) is 2. The third-order valence-corrected chi connectivity index (χ3v) is 4.60. The molecule has 0 saturated heterocycles. The van der Waals surface area contributed by atoms with Gasteiger partial charge in [0.25, 0.3) is 5.69 Å². The lowest BCUT2D eigenvalue weighted by Crippen LogP contribution is -2.17. The molecule has 3 aromatic rings. The molecule has 8 nitrogen and oxygen atoms in total. The van der Waals surface area contributed by atoms with Gasteiger partial charge in [-0.05, 0) is 30.5 Å². The van der Waals surface area contributed by atoms with Crippen LogP contribution in [0.5, 0.6) is 5.75 Å². The standard InChI is InChI=1S/C21H18F3N5O3/c22-21(23,24)32-17-6-2-4-14(10-17)18-11-19(28-20(27-18)26-15-7-8-15)25-12-13-3-1-5-16(9-13)29(30)31/h1-6,9-11,15H,7-8,12H2,(H2,25,26,27,28). The Hall–Kier alpha value is -3.89. The van der Waals surface area contributed by atoms with E-state index in [0.29, 0.717) is 28.6 Å². The summed E-state index contributed by atoms with van der Waals surface area (Å²) in [6.07, 6.45) is -2.83. The van der Waals surface area contributed by atoms with Crippen LogP contribution >= 0.6 is 0 Å². The number of nitro groups is 1. The van der Waals surface area contributed by atoms with Crippen molar-refractivity contribution in [2.45, 2.75) is 31.8 Å². The van der Waals surface area contributed by atoms with Gasteiger partial charge in [0, 0.05) is 36.3 Å². The van der Waals surface area contributed by atoms with Crippen molar-refractivity contribution in [3.05, 3.63) is 70.3 Å². The first-order valence-corrected chi connectivity index (χ1v) is 9.74. The van der Waals surface area contributed by atoms with Crippen LogP contribution in [0.4, 0.5) is 30.6 Å². The molecule has 0 unspecified atom stereocenters. The SMILES string of the molecule is O=[N+]([O-])c1cccc(CNc2cc(-c3cccc(OC(F)(F)F)c3)nc(NC3CC3)n2)c1. The molecule has 1 fully saturated rings. The Morgan fingerprint density at radius 3 is 2.59 bits per heavy atom. The van der Waals surface area contributed by atoms with Gasteiger partial charge >= 0.3 is 6.36 Å². The van der Waals surface area contributed by atoms with Gasteiger partial charge in [-0.25, -0.2) is 4.98 Å². The topological polar surface area (TPSA) is 102 Å². The van der Waals surface area contributed by atoms with Gasteiger partial charge in [0.1, 0.15) is 11.6 Å². The van der Waals surface area contributed by atoms with Crippen molar-refractivity contribution < 1.29 is 22.8 Å². The molecule has 1 saturated carbocycles. The number of hydrogen-bond donors (Lipinski definition) is 2. The van der Waals surface area contributed by atoms with Gasteiger partial charge in [0.15, 0.2) is 0 Å². The van der Waals surface area contributed by atoms with Crippen molar-refractivity contribution in [3.8, 4) is 17.0 Å². The minimum absolute atomic E-state index is 0.0229. The van der Waals surface area contributed by atoms with Crippen molar-refractivity contribution in [1.82, 2.24) is 9.97 Å². The van der Waals surface area contributed by atoms with Gasteiger partial charge in [0.05, 0.1) is 10.6 Å². The van der Waals surface area contributed by atoms with Crippen LogP contribution in [-0.2, 0) is 6.54 Å². The summed E-state index contributed by atoms with van der Waals surface area (Å²) in [5, 5.41) is 17.3. The summed E-state index contributed by atoms with van der Waals surface area (Å²) in [4.78, 5) is 19.3. The fourth-order valence-electron chi connectivity index (χ4n) is 2.99. The Bertz CT molecular complexity index is 1140. The molecule has 1 aliphatic carbocycles. The Balaban J connectivity index is 1.59. The molecular formula is C21H18F3N5O3. The molecule has 0 spiro atoms. The second kappa shape index (κ2) is 8.69. The number of rotatable bonds is 8. The lowest BCUT2D eigenvalue weighted by molar-refractivity contribution is -0.384.